The van der Waals surface area contributed by atoms with Crippen molar-refractivity contribution in [2.45, 2.75) is 18.5 Å². The molecule has 0 spiro atoms. The van der Waals surface area contributed by atoms with Crippen LogP contribution >= 0.6 is 0 Å². The van der Waals surface area contributed by atoms with Crippen molar-refractivity contribution >= 4 is 17.2 Å². The molecule has 2 aliphatic heterocycles. The van der Waals surface area contributed by atoms with Gasteiger partial charge in [-0.15, -0.1) is 0 Å². The second kappa shape index (κ2) is 7.92. The van der Waals surface area contributed by atoms with Gasteiger partial charge < -0.3 is 10.3 Å². The largest absolute Gasteiger partial charge is 0.320 e. The van der Waals surface area contributed by atoms with Gasteiger partial charge in [0.05, 0.1) is 23.4 Å². The van der Waals surface area contributed by atoms with Crippen LogP contribution in [0.15, 0.2) is 47.7 Å². The highest BCUT2D eigenvalue weighted by molar-refractivity contribution is 6.20. The van der Waals surface area contributed by atoms with E-state index in [0.717, 1.165) is 12.1 Å². The van der Waals surface area contributed by atoms with E-state index in [1.54, 1.807) is 4.68 Å². The summed E-state index contributed by atoms with van der Waals surface area (Å²) in [5.74, 6) is -0.301. The van der Waals surface area contributed by atoms with Crippen LogP contribution in [0.25, 0.3) is 0 Å². The van der Waals surface area contributed by atoms with Crippen molar-refractivity contribution in [3.8, 4) is 0 Å². The van der Waals surface area contributed by atoms with Crippen molar-refractivity contribution in [2.75, 3.05) is 26.1 Å². The Labute approximate surface area is 185 Å². The van der Waals surface area contributed by atoms with Crippen LogP contribution in [0.5, 0.6) is 0 Å². The van der Waals surface area contributed by atoms with Crippen molar-refractivity contribution < 1.29 is 9.18 Å². The molecule has 2 unspecified atom stereocenters. The van der Waals surface area contributed by atoms with Gasteiger partial charge in [-0.1, -0.05) is 24.3 Å². The summed E-state index contributed by atoms with van der Waals surface area (Å²) in [7, 11) is 5.90. The molecule has 5 rings (SSSR count). The topological polar surface area (TPSA) is 87.4 Å². The van der Waals surface area contributed by atoms with Crippen molar-refractivity contribution in [1.82, 2.24) is 25.1 Å². The molecule has 2 N–H and O–H groups in total. The maximum atomic E-state index is 14.3. The number of carbonyl (C=O) groups excluding carboxylic acids is 1. The Balaban J connectivity index is 1.66. The molecule has 3 aromatic rings. The number of rotatable bonds is 4. The van der Waals surface area contributed by atoms with Crippen molar-refractivity contribution in [3.05, 3.63) is 76.6 Å². The van der Waals surface area contributed by atoms with Crippen molar-refractivity contribution in [3.63, 3.8) is 0 Å². The Bertz CT molecular complexity index is 1220. The quantitative estimate of drug-likeness (QED) is 0.657. The van der Waals surface area contributed by atoms with E-state index < -0.39 is 5.82 Å². The monoisotopic (exact) mass is 433 g/mol. The van der Waals surface area contributed by atoms with E-state index in [4.69, 9.17) is 0 Å². The number of ketones is 1. The predicted molar refractivity (Wildman–Crippen MR) is 119 cm³/mol. The first-order valence-corrected chi connectivity index (χ1v) is 10.4. The van der Waals surface area contributed by atoms with Crippen LogP contribution < -0.4 is 10.9 Å². The number of aryl methyl sites for hydroxylation is 1. The highest BCUT2D eigenvalue weighted by Crippen LogP contribution is 2.40. The van der Waals surface area contributed by atoms with Crippen LogP contribution in [-0.2, 0) is 13.6 Å². The van der Waals surface area contributed by atoms with Gasteiger partial charge in [0.1, 0.15) is 24.5 Å². The zero-order valence-electron chi connectivity index (χ0n) is 18.1. The second-order valence-electron chi connectivity index (χ2n) is 8.45. The maximum Gasteiger partial charge on any atom is 0.185 e. The molecular weight excluding hydrogens is 409 g/mol. The number of benzene rings is 2. The number of carbonyl (C=O) groups is 1. The first kappa shape index (κ1) is 20.5. The van der Waals surface area contributed by atoms with Gasteiger partial charge >= 0.3 is 0 Å². The molecule has 2 aromatic carbocycles. The normalized spacial score (nSPS) is 19.9. The highest BCUT2D eigenvalue weighted by atomic mass is 19.1. The van der Waals surface area contributed by atoms with E-state index >= 15 is 0 Å². The number of halogens is 1. The second-order valence-corrected chi connectivity index (χ2v) is 8.45. The first-order chi connectivity index (χ1) is 15.4. The third-order valence-corrected chi connectivity index (χ3v) is 5.91. The van der Waals surface area contributed by atoms with Crippen LogP contribution in [0.1, 0.15) is 44.8 Å². The van der Waals surface area contributed by atoms with E-state index in [9.17, 15) is 9.18 Å². The minimum absolute atomic E-state index is 0.0198. The molecule has 3 heterocycles. The van der Waals surface area contributed by atoms with Gasteiger partial charge in [0, 0.05) is 24.7 Å². The van der Waals surface area contributed by atoms with Crippen LogP contribution in [-0.4, -0.2) is 51.8 Å². The Morgan fingerprint density at radius 3 is 2.69 bits per heavy atom. The van der Waals surface area contributed by atoms with Gasteiger partial charge in [0.25, 0.3) is 0 Å². The molecule has 8 nitrogen and oxygen atoms in total. The summed E-state index contributed by atoms with van der Waals surface area (Å²) < 4.78 is 16.0. The molecule has 0 radical (unpaired) electrons. The lowest BCUT2D eigenvalue weighted by Crippen LogP contribution is -2.34. The molecule has 0 fully saturated rings. The minimum Gasteiger partial charge on any atom is -0.320 e. The predicted octanol–water partition coefficient (Wildman–Crippen LogP) is 2.46. The first-order valence-electron chi connectivity index (χ1n) is 10.4. The Morgan fingerprint density at radius 1 is 1.22 bits per heavy atom. The number of aromatic nitrogens is 3. The smallest absolute Gasteiger partial charge is 0.185 e. The summed E-state index contributed by atoms with van der Waals surface area (Å²) in [5.41, 5.74) is 10.9. The van der Waals surface area contributed by atoms with Gasteiger partial charge in [-0.2, -0.15) is 5.10 Å². The molecule has 2 aliphatic rings. The fraction of sp³-hybridized carbons (Fsp3) is 0.304. The van der Waals surface area contributed by atoms with Crippen molar-refractivity contribution in [2.24, 2.45) is 12.0 Å². The molecule has 0 aliphatic carbocycles. The summed E-state index contributed by atoms with van der Waals surface area (Å²) in [5, 5.41) is 4.26. The van der Waals surface area contributed by atoms with E-state index in [0.29, 0.717) is 28.4 Å². The zero-order chi connectivity index (χ0) is 22.4. The lowest BCUT2D eigenvalue weighted by molar-refractivity contribution is 0.0999. The number of hydrogen-bond donors (Lipinski definition) is 2. The minimum atomic E-state index is -0.468. The Hall–Kier alpha value is -3.43. The molecule has 32 heavy (non-hydrogen) atoms. The standard InChI is InChI=1S/C23H24FN7O/c1-30(2)11-13-4-6-14(7-5-13)21-20(23-26-12-27-31(23)3)22-19-16(18(32)10-25-22)8-15(24)9-17(19)28-29-21/h4-9,12,20-21,28-29H,10-11H2,1-3H3. The number of nitrogens with zero attached hydrogens (tertiary/aromatic N) is 5. The molecular formula is C23H24FN7O. The van der Waals surface area contributed by atoms with E-state index in [-0.39, 0.29) is 24.3 Å². The number of hydrazine groups is 1. The molecule has 164 valence electrons. The third-order valence-electron chi connectivity index (χ3n) is 5.91. The number of nitrogens with one attached hydrogen (secondary N) is 2. The maximum absolute atomic E-state index is 14.3. The number of Topliss-reactive ketones (excluding diaryl/α,β-unsaturated/α-hetero) is 1. The van der Waals surface area contributed by atoms with E-state index in [1.165, 1.54) is 24.0 Å². The summed E-state index contributed by atoms with van der Waals surface area (Å²) in [6.45, 7) is 0.820. The molecule has 0 amide bonds. The lowest BCUT2D eigenvalue weighted by atomic mass is 9.82. The van der Waals surface area contributed by atoms with Crippen molar-refractivity contribution in [1.29, 1.82) is 0 Å². The molecule has 1 aromatic heterocycles. The van der Waals surface area contributed by atoms with Crippen LogP contribution in [0.2, 0.25) is 0 Å². The van der Waals surface area contributed by atoms with Gasteiger partial charge in [0.2, 0.25) is 0 Å². The highest BCUT2D eigenvalue weighted by Gasteiger charge is 2.40. The molecule has 0 saturated carbocycles. The summed E-state index contributed by atoms with van der Waals surface area (Å²) in [4.78, 5) is 23.9. The number of hydrogen-bond acceptors (Lipinski definition) is 7. The van der Waals surface area contributed by atoms with Crippen LogP contribution in [0.3, 0.4) is 0 Å². The Morgan fingerprint density at radius 2 is 2.00 bits per heavy atom. The van der Waals surface area contributed by atoms with E-state index in [1.807, 2.05) is 21.1 Å². The Kier molecular flexibility index (Phi) is 5.07. The van der Waals surface area contributed by atoms with Gasteiger partial charge in [-0.05, 0) is 37.4 Å². The van der Waals surface area contributed by atoms with Crippen LogP contribution in [0.4, 0.5) is 10.1 Å². The summed E-state index contributed by atoms with van der Waals surface area (Å²) in [6.07, 6.45) is 1.51. The third kappa shape index (κ3) is 3.49. The summed E-state index contributed by atoms with van der Waals surface area (Å²) >= 11 is 0. The fourth-order valence-electron chi connectivity index (χ4n) is 4.50. The van der Waals surface area contributed by atoms with Gasteiger partial charge in [-0.3, -0.25) is 14.5 Å². The molecule has 2 atom stereocenters. The zero-order valence-corrected chi connectivity index (χ0v) is 18.1. The van der Waals surface area contributed by atoms with Gasteiger partial charge in [-0.25, -0.2) is 14.8 Å². The SMILES string of the molecule is CN(C)Cc1ccc(C2NNc3cc(F)cc4c3C(=NCC4=O)C2c2ncnn2C)cc1. The van der Waals surface area contributed by atoms with E-state index in [2.05, 4.69) is 55.1 Å². The van der Waals surface area contributed by atoms with Gasteiger partial charge in [0.15, 0.2) is 5.78 Å². The molecule has 0 bridgehead atoms. The average molecular weight is 433 g/mol. The molecule has 0 saturated heterocycles. The number of anilines is 1. The lowest BCUT2D eigenvalue weighted by Gasteiger charge is -2.28. The summed E-state index contributed by atoms with van der Waals surface area (Å²) in [6, 6.07) is 10.8. The number of aliphatic imine (C=N–C) groups is 1. The van der Waals surface area contributed by atoms with Crippen LogP contribution in [0, 0.1) is 5.82 Å². The molecule has 9 heteroatoms. The fourth-order valence-corrected chi connectivity index (χ4v) is 4.50. The average Bonchev–Trinajstić information content (AvgIpc) is 3.10.